The van der Waals surface area contributed by atoms with Gasteiger partial charge in [-0.15, -0.1) is 0 Å². The van der Waals surface area contributed by atoms with Crippen LogP contribution < -0.4 is 20.7 Å². The molecular weight excluding hydrogens is 435 g/mol. The van der Waals surface area contributed by atoms with E-state index in [1.807, 2.05) is 0 Å². The van der Waals surface area contributed by atoms with Gasteiger partial charge in [-0.05, 0) is 42.3 Å². The first-order valence-electron chi connectivity index (χ1n) is 9.32. The lowest BCUT2D eigenvalue weighted by Crippen LogP contribution is -2.39. The fourth-order valence-corrected chi connectivity index (χ4v) is 3.04. The first-order chi connectivity index (χ1) is 14.4. The molecule has 0 fully saturated rings. The second-order valence-electron chi connectivity index (χ2n) is 7.14. The molecule has 2 rings (SSSR count). The van der Waals surface area contributed by atoms with Crippen LogP contribution in [0.5, 0.6) is 5.75 Å². The van der Waals surface area contributed by atoms with E-state index in [-0.39, 0.29) is 22.5 Å². The molecule has 3 N–H and O–H groups in total. The Morgan fingerprint density at radius 1 is 1.03 bits per heavy atom. The van der Waals surface area contributed by atoms with Crippen LogP contribution in [0.1, 0.15) is 26.3 Å². The molecule has 0 aliphatic carbocycles. The van der Waals surface area contributed by atoms with E-state index in [1.165, 1.54) is 20.1 Å². The third-order valence-corrected chi connectivity index (χ3v) is 4.65. The highest BCUT2D eigenvalue weighted by atomic mass is 35.5. The van der Waals surface area contributed by atoms with Gasteiger partial charge in [0.1, 0.15) is 11.8 Å². The zero-order chi connectivity index (χ0) is 23.3. The van der Waals surface area contributed by atoms with Crippen molar-refractivity contribution in [3.8, 4) is 5.75 Å². The van der Waals surface area contributed by atoms with Crippen molar-refractivity contribution >= 4 is 40.5 Å². The molecule has 2 aromatic rings. The number of halogens is 4. The van der Waals surface area contributed by atoms with Crippen molar-refractivity contribution in [2.24, 2.45) is 5.92 Å². The van der Waals surface area contributed by atoms with E-state index >= 15 is 0 Å². The molecule has 2 amide bonds. The average Bonchev–Trinajstić information content (AvgIpc) is 2.65. The Labute approximate surface area is 183 Å². The SMILES string of the molecule is COc1ccc(NC(C)=O)cc1NC(=O)C(Nc1ccc(C(F)(F)F)cc1Cl)C(C)C. The van der Waals surface area contributed by atoms with Crippen LogP contribution >= 0.6 is 11.6 Å². The highest BCUT2D eigenvalue weighted by molar-refractivity contribution is 6.33. The van der Waals surface area contributed by atoms with Crippen molar-refractivity contribution in [1.82, 2.24) is 0 Å². The van der Waals surface area contributed by atoms with Gasteiger partial charge in [-0.1, -0.05) is 25.4 Å². The van der Waals surface area contributed by atoms with Crippen LogP contribution in [0.15, 0.2) is 36.4 Å². The minimum atomic E-state index is -4.52. The van der Waals surface area contributed by atoms with E-state index in [4.69, 9.17) is 16.3 Å². The van der Waals surface area contributed by atoms with Crippen molar-refractivity contribution in [1.29, 1.82) is 0 Å². The zero-order valence-corrected chi connectivity index (χ0v) is 18.1. The molecule has 0 spiro atoms. The predicted octanol–water partition coefficient (Wildman–Crippen LogP) is 5.40. The number of hydrogen-bond acceptors (Lipinski definition) is 4. The van der Waals surface area contributed by atoms with E-state index in [9.17, 15) is 22.8 Å². The average molecular weight is 458 g/mol. The van der Waals surface area contributed by atoms with Gasteiger partial charge in [0.25, 0.3) is 0 Å². The molecule has 0 saturated carbocycles. The number of anilines is 3. The van der Waals surface area contributed by atoms with Gasteiger partial charge in [-0.3, -0.25) is 9.59 Å². The Hall–Kier alpha value is -2.94. The fraction of sp³-hybridized carbons (Fsp3) is 0.333. The molecule has 1 unspecified atom stereocenters. The minimum absolute atomic E-state index is 0.154. The summed E-state index contributed by atoms with van der Waals surface area (Å²) in [5, 5.41) is 8.10. The van der Waals surface area contributed by atoms with Crippen LogP contribution in [0.3, 0.4) is 0 Å². The normalized spacial score (nSPS) is 12.3. The van der Waals surface area contributed by atoms with E-state index < -0.39 is 23.7 Å². The summed E-state index contributed by atoms with van der Waals surface area (Å²) in [6, 6.07) is 6.82. The number of alkyl halides is 3. The van der Waals surface area contributed by atoms with Gasteiger partial charge in [0.05, 0.1) is 29.1 Å². The van der Waals surface area contributed by atoms with Crippen LogP contribution in [0.4, 0.5) is 30.2 Å². The zero-order valence-electron chi connectivity index (χ0n) is 17.4. The number of amides is 2. The number of ether oxygens (including phenoxy) is 1. The van der Waals surface area contributed by atoms with Crippen LogP contribution in [-0.4, -0.2) is 25.0 Å². The Morgan fingerprint density at radius 2 is 1.71 bits per heavy atom. The van der Waals surface area contributed by atoms with E-state index in [2.05, 4.69) is 16.0 Å². The van der Waals surface area contributed by atoms with Gasteiger partial charge in [0, 0.05) is 12.6 Å². The number of nitrogens with one attached hydrogen (secondary N) is 3. The number of hydrogen-bond donors (Lipinski definition) is 3. The largest absolute Gasteiger partial charge is 0.495 e. The van der Waals surface area contributed by atoms with Gasteiger partial charge in [-0.25, -0.2) is 0 Å². The highest BCUT2D eigenvalue weighted by Crippen LogP contribution is 2.34. The maximum atomic E-state index is 13.0. The first-order valence-corrected chi connectivity index (χ1v) is 9.70. The summed E-state index contributed by atoms with van der Waals surface area (Å²) in [5.41, 5.74) is 0.101. The third kappa shape index (κ3) is 6.52. The Balaban J connectivity index is 2.26. The topological polar surface area (TPSA) is 79.5 Å². The Morgan fingerprint density at radius 3 is 2.23 bits per heavy atom. The lowest BCUT2D eigenvalue weighted by molar-refractivity contribution is -0.137. The fourth-order valence-electron chi connectivity index (χ4n) is 2.81. The molecule has 0 aliphatic rings. The molecule has 168 valence electrons. The third-order valence-electron chi connectivity index (χ3n) is 4.33. The summed E-state index contributed by atoms with van der Waals surface area (Å²) >= 11 is 6.01. The van der Waals surface area contributed by atoms with Crippen molar-refractivity contribution in [2.45, 2.75) is 33.0 Å². The van der Waals surface area contributed by atoms with Crippen LogP contribution in [0, 0.1) is 5.92 Å². The number of carbonyl (C=O) groups excluding carboxylic acids is 2. The van der Waals surface area contributed by atoms with Crippen molar-refractivity contribution in [2.75, 3.05) is 23.1 Å². The molecule has 0 aromatic heterocycles. The maximum Gasteiger partial charge on any atom is 0.416 e. The number of methoxy groups -OCH3 is 1. The van der Waals surface area contributed by atoms with Gasteiger partial charge >= 0.3 is 6.18 Å². The second kappa shape index (κ2) is 9.91. The van der Waals surface area contributed by atoms with E-state index in [1.54, 1.807) is 32.0 Å². The standard InChI is InChI=1S/C21H23ClF3N3O3/c1-11(2)19(27-16-7-5-13(9-15(16)22)21(23,24)25)20(30)28-17-10-14(26-12(3)29)6-8-18(17)31-4/h5-11,19,27H,1-4H3,(H,26,29)(H,28,30). The van der Waals surface area contributed by atoms with Gasteiger partial charge in [0.2, 0.25) is 11.8 Å². The smallest absolute Gasteiger partial charge is 0.416 e. The lowest BCUT2D eigenvalue weighted by Gasteiger charge is -2.24. The highest BCUT2D eigenvalue weighted by Gasteiger charge is 2.31. The summed E-state index contributed by atoms with van der Waals surface area (Å²) < 4.78 is 43.8. The molecule has 0 bridgehead atoms. The first kappa shape index (κ1) is 24.3. The predicted molar refractivity (Wildman–Crippen MR) is 115 cm³/mol. The molecule has 0 saturated heterocycles. The molecule has 0 radical (unpaired) electrons. The second-order valence-corrected chi connectivity index (χ2v) is 7.55. The summed E-state index contributed by atoms with van der Waals surface area (Å²) in [7, 11) is 1.43. The molecule has 6 nitrogen and oxygen atoms in total. The summed E-state index contributed by atoms with van der Waals surface area (Å²) in [6.07, 6.45) is -4.52. The van der Waals surface area contributed by atoms with E-state index in [0.29, 0.717) is 17.1 Å². The van der Waals surface area contributed by atoms with Gasteiger partial charge in [0.15, 0.2) is 0 Å². The molecule has 0 aliphatic heterocycles. The van der Waals surface area contributed by atoms with Crippen molar-refractivity contribution in [3.63, 3.8) is 0 Å². The van der Waals surface area contributed by atoms with Crippen LogP contribution in [-0.2, 0) is 15.8 Å². The quantitative estimate of drug-likeness (QED) is 0.520. The number of rotatable bonds is 7. The molecule has 10 heteroatoms. The molecule has 1 atom stereocenters. The summed E-state index contributed by atoms with van der Waals surface area (Å²) in [5.74, 6) is -0.592. The minimum Gasteiger partial charge on any atom is -0.495 e. The van der Waals surface area contributed by atoms with Gasteiger partial charge in [-0.2, -0.15) is 13.2 Å². The molecule has 0 heterocycles. The molecule has 2 aromatic carbocycles. The monoisotopic (exact) mass is 457 g/mol. The molecular formula is C21H23ClF3N3O3. The van der Waals surface area contributed by atoms with Crippen LogP contribution in [0.2, 0.25) is 5.02 Å². The Bertz CT molecular complexity index is 965. The summed E-state index contributed by atoms with van der Waals surface area (Å²) in [4.78, 5) is 24.3. The lowest BCUT2D eigenvalue weighted by atomic mass is 10.0. The van der Waals surface area contributed by atoms with E-state index in [0.717, 1.165) is 12.1 Å². The summed E-state index contributed by atoms with van der Waals surface area (Å²) in [6.45, 7) is 4.91. The Kier molecular flexibility index (Phi) is 7.78. The number of benzene rings is 2. The van der Waals surface area contributed by atoms with Crippen molar-refractivity contribution < 1.29 is 27.5 Å². The van der Waals surface area contributed by atoms with Crippen LogP contribution in [0.25, 0.3) is 0 Å². The number of carbonyl (C=O) groups is 2. The maximum absolute atomic E-state index is 13.0. The van der Waals surface area contributed by atoms with Gasteiger partial charge < -0.3 is 20.7 Å². The van der Waals surface area contributed by atoms with Crippen molar-refractivity contribution in [3.05, 3.63) is 47.0 Å². The molecule has 31 heavy (non-hydrogen) atoms.